The molecule has 182 valence electrons. The molecule has 2 N–H and O–H groups in total. The molecular formula is C24H29N3O7. The van der Waals surface area contributed by atoms with Crippen molar-refractivity contribution in [3.63, 3.8) is 0 Å². The van der Waals surface area contributed by atoms with Gasteiger partial charge in [-0.25, -0.2) is 9.59 Å². The molecule has 34 heavy (non-hydrogen) atoms. The lowest BCUT2D eigenvalue weighted by Gasteiger charge is -2.38. The molecule has 1 aliphatic heterocycles. The molecule has 1 aromatic carbocycles. The van der Waals surface area contributed by atoms with E-state index in [1.54, 1.807) is 24.3 Å². The monoisotopic (exact) mass is 471 g/mol. The maximum absolute atomic E-state index is 12.5. The highest BCUT2D eigenvalue weighted by molar-refractivity contribution is 5.97. The second-order valence-electron chi connectivity index (χ2n) is 8.13. The highest BCUT2D eigenvalue weighted by atomic mass is 16.5. The number of furan rings is 1. The Kier molecular flexibility index (Phi) is 8.66. The molecule has 10 nitrogen and oxygen atoms in total. The van der Waals surface area contributed by atoms with Gasteiger partial charge in [0.25, 0.3) is 11.8 Å². The van der Waals surface area contributed by atoms with Crippen LogP contribution in [-0.2, 0) is 20.9 Å². The van der Waals surface area contributed by atoms with Crippen molar-refractivity contribution in [2.24, 2.45) is 0 Å². The maximum atomic E-state index is 12.5. The number of nitrogens with zero attached hydrogens (tertiary/aromatic N) is 1. The summed E-state index contributed by atoms with van der Waals surface area (Å²) in [5.41, 5.74) is 0.201. The summed E-state index contributed by atoms with van der Waals surface area (Å²) in [6.45, 7) is 3.50. The number of amides is 4. The number of carbonyl (C=O) groups excluding carboxylic acids is 4. The molecule has 1 aromatic heterocycles. The van der Waals surface area contributed by atoms with Crippen LogP contribution in [0, 0.1) is 0 Å². The lowest BCUT2D eigenvalue weighted by atomic mass is 9.97. The fourth-order valence-corrected chi connectivity index (χ4v) is 3.82. The van der Waals surface area contributed by atoms with E-state index < -0.39 is 24.5 Å². The molecule has 0 saturated carbocycles. The molecule has 1 saturated heterocycles. The third-order valence-corrected chi connectivity index (χ3v) is 5.52. The number of piperidine rings is 1. The summed E-state index contributed by atoms with van der Waals surface area (Å²) in [5.74, 6) is -0.605. The summed E-state index contributed by atoms with van der Waals surface area (Å²) in [5, 5.41) is 4.50. The van der Waals surface area contributed by atoms with Crippen LogP contribution in [-0.4, -0.2) is 54.0 Å². The zero-order valence-corrected chi connectivity index (χ0v) is 19.2. The Morgan fingerprint density at radius 1 is 1.03 bits per heavy atom. The van der Waals surface area contributed by atoms with E-state index in [1.807, 2.05) is 18.7 Å². The second-order valence-corrected chi connectivity index (χ2v) is 8.13. The van der Waals surface area contributed by atoms with E-state index in [9.17, 15) is 19.2 Å². The van der Waals surface area contributed by atoms with E-state index in [0.717, 1.165) is 19.3 Å². The average Bonchev–Trinajstić information content (AvgIpc) is 3.34. The van der Waals surface area contributed by atoms with Gasteiger partial charge in [-0.2, -0.15) is 0 Å². The Balaban J connectivity index is 1.39. The molecule has 0 radical (unpaired) electrons. The van der Waals surface area contributed by atoms with Gasteiger partial charge in [0.1, 0.15) is 11.5 Å². The summed E-state index contributed by atoms with van der Waals surface area (Å²) in [7, 11) is 0. The minimum absolute atomic E-state index is 0.0672. The first-order chi connectivity index (χ1) is 16.3. The fourth-order valence-electron chi connectivity index (χ4n) is 3.82. The molecule has 0 bridgehead atoms. The first-order valence-electron chi connectivity index (χ1n) is 11.1. The second kappa shape index (κ2) is 11.9. The topological polar surface area (TPSA) is 127 Å². The van der Waals surface area contributed by atoms with Crippen LogP contribution in [0.3, 0.4) is 0 Å². The fraction of sp³-hybridized carbons (Fsp3) is 0.417. The smallest absolute Gasteiger partial charge is 0.338 e. The van der Waals surface area contributed by atoms with Gasteiger partial charge in [0.05, 0.1) is 18.4 Å². The van der Waals surface area contributed by atoms with Crippen LogP contribution in [0.5, 0.6) is 5.75 Å². The summed E-state index contributed by atoms with van der Waals surface area (Å²) in [6, 6.07) is 9.05. The predicted molar refractivity (Wildman–Crippen MR) is 121 cm³/mol. The van der Waals surface area contributed by atoms with Crippen LogP contribution in [0.4, 0.5) is 4.79 Å². The quantitative estimate of drug-likeness (QED) is 0.567. The lowest BCUT2D eigenvalue weighted by molar-refractivity contribution is -0.139. The lowest BCUT2D eigenvalue weighted by Crippen LogP contribution is -2.49. The number of hydrogen-bond donors (Lipinski definition) is 2. The van der Waals surface area contributed by atoms with Crippen molar-refractivity contribution < 1.29 is 33.1 Å². The summed E-state index contributed by atoms with van der Waals surface area (Å²) >= 11 is 0. The van der Waals surface area contributed by atoms with Crippen LogP contribution in [0.25, 0.3) is 0 Å². The van der Waals surface area contributed by atoms with E-state index >= 15 is 0 Å². The van der Waals surface area contributed by atoms with Crippen LogP contribution in [0.15, 0.2) is 47.1 Å². The van der Waals surface area contributed by atoms with E-state index in [0.29, 0.717) is 11.5 Å². The number of ether oxygens (including phenoxy) is 2. The average molecular weight is 472 g/mol. The summed E-state index contributed by atoms with van der Waals surface area (Å²) in [4.78, 5) is 50.1. The van der Waals surface area contributed by atoms with E-state index in [2.05, 4.69) is 10.6 Å². The van der Waals surface area contributed by atoms with Gasteiger partial charge in [-0.05, 0) is 69.5 Å². The van der Waals surface area contributed by atoms with Crippen LogP contribution >= 0.6 is 0 Å². The van der Waals surface area contributed by atoms with Crippen molar-refractivity contribution in [3.05, 3.63) is 54.0 Å². The van der Waals surface area contributed by atoms with Crippen LogP contribution in [0.1, 0.15) is 49.2 Å². The molecule has 2 heterocycles. The van der Waals surface area contributed by atoms with Gasteiger partial charge < -0.3 is 24.1 Å². The minimum Gasteiger partial charge on any atom is -0.484 e. The summed E-state index contributed by atoms with van der Waals surface area (Å²) in [6.07, 6.45) is 4.56. The van der Waals surface area contributed by atoms with Gasteiger partial charge in [-0.1, -0.05) is 0 Å². The Morgan fingerprint density at radius 2 is 1.74 bits per heavy atom. The molecule has 3 rings (SSSR count). The molecule has 0 spiro atoms. The van der Waals surface area contributed by atoms with E-state index in [4.69, 9.17) is 13.9 Å². The van der Waals surface area contributed by atoms with Gasteiger partial charge >= 0.3 is 12.0 Å². The van der Waals surface area contributed by atoms with Crippen molar-refractivity contribution in [1.82, 2.24) is 15.5 Å². The Morgan fingerprint density at radius 3 is 2.38 bits per heavy atom. The van der Waals surface area contributed by atoms with Crippen molar-refractivity contribution in [2.75, 3.05) is 13.2 Å². The molecule has 2 atom stereocenters. The highest BCUT2D eigenvalue weighted by Crippen LogP contribution is 2.23. The van der Waals surface area contributed by atoms with Gasteiger partial charge in [-0.15, -0.1) is 0 Å². The largest absolute Gasteiger partial charge is 0.484 e. The molecule has 1 fully saturated rings. The summed E-state index contributed by atoms with van der Waals surface area (Å²) < 4.78 is 15.6. The molecule has 2 aromatic rings. The number of urea groups is 1. The molecule has 10 heteroatoms. The van der Waals surface area contributed by atoms with Crippen LogP contribution < -0.4 is 15.4 Å². The van der Waals surface area contributed by atoms with Gasteiger partial charge in [-0.3, -0.25) is 14.9 Å². The van der Waals surface area contributed by atoms with Crippen molar-refractivity contribution in [2.45, 2.75) is 51.7 Å². The van der Waals surface area contributed by atoms with Gasteiger partial charge in [0.15, 0.2) is 13.2 Å². The van der Waals surface area contributed by atoms with Crippen LogP contribution in [0.2, 0.25) is 0 Å². The molecule has 4 amide bonds. The first kappa shape index (κ1) is 24.8. The third kappa shape index (κ3) is 7.09. The Bertz CT molecular complexity index is 979. The minimum atomic E-state index is -0.773. The molecule has 2 unspecified atom stereocenters. The number of likely N-dealkylation sites (tertiary alicyclic amines) is 1. The number of imide groups is 1. The Labute approximate surface area is 197 Å². The molecule has 1 aliphatic rings. The normalized spacial score (nSPS) is 17.5. The van der Waals surface area contributed by atoms with Crippen molar-refractivity contribution in [3.8, 4) is 5.75 Å². The number of nitrogens with one attached hydrogen (secondary N) is 2. The standard InChI is InChI=1S/C24H29N3O7/c1-16-5-3-6-17(2)27(16)22(29)15-33-19-10-8-18(9-11-19)23(30)34-14-21(28)26-24(31)25-13-20-7-4-12-32-20/h4,7-12,16-17H,3,5-6,13-15H2,1-2H3,(H2,25,26,28,31). The number of esters is 1. The Hall–Kier alpha value is -3.82. The zero-order valence-electron chi connectivity index (χ0n) is 19.2. The number of carbonyl (C=O) groups is 4. The van der Waals surface area contributed by atoms with Crippen molar-refractivity contribution in [1.29, 1.82) is 0 Å². The zero-order chi connectivity index (χ0) is 24.5. The van der Waals surface area contributed by atoms with Crippen molar-refractivity contribution >= 4 is 23.8 Å². The number of hydrogen-bond acceptors (Lipinski definition) is 7. The number of benzene rings is 1. The molecular weight excluding hydrogens is 442 g/mol. The van der Waals surface area contributed by atoms with E-state index in [-0.39, 0.29) is 36.7 Å². The molecule has 0 aliphatic carbocycles. The predicted octanol–water partition coefficient (Wildman–Crippen LogP) is 2.63. The third-order valence-electron chi connectivity index (χ3n) is 5.52. The maximum Gasteiger partial charge on any atom is 0.338 e. The SMILES string of the molecule is CC1CCCC(C)N1C(=O)COc1ccc(C(=O)OCC(=O)NC(=O)NCc2ccco2)cc1. The first-order valence-corrected chi connectivity index (χ1v) is 11.1. The number of rotatable bonds is 8. The van der Waals surface area contributed by atoms with Gasteiger partial charge in [0.2, 0.25) is 0 Å². The van der Waals surface area contributed by atoms with E-state index in [1.165, 1.54) is 18.4 Å². The van der Waals surface area contributed by atoms with Gasteiger partial charge in [0, 0.05) is 12.1 Å². The highest BCUT2D eigenvalue weighted by Gasteiger charge is 2.29.